The van der Waals surface area contributed by atoms with Crippen molar-refractivity contribution in [2.24, 2.45) is 0 Å². The third kappa shape index (κ3) is 4.19. The van der Waals surface area contributed by atoms with Gasteiger partial charge in [-0.15, -0.1) is 0 Å². The van der Waals surface area contributed by atoms with Gasteiger partial charge in [0.15, 0.2) is 5.78 Å². The number of piperazine rings is 1. The summed E-state index contributed by atoms with van der Waals surface area (Å²) < 4.78 is 5.33. The Balaban J connectivity index is 1.54. The molecule has 1 unspecified atom stereocenters. The highest BCUT2D eigenvalue weighted by Gasteiger charge is 2.29. The summed E-state index contributed by atoms with van der Waals surface area (Å²) in [6.07, 6.45) is 0. The summed E-state index contributed by atoms with van der Waals surface area (Å²) in [4.78, 5) is 30.5. The quantitative estimate of drug-likeness (QED) is 0.769. The van der Waals surface area contributed by atoms with E-state index in [0.29, 0.717) is 26.3 Å². The number of anilines is 1. The van der Waals surface area contributed by atoms with Crippen LogP contribution in [0, 0.1) is 0 Å². The summed E-state index contributed by atoms with van der Waals surface area (Å²) in [6.45, 7) is 9.79. The molecule has 0 bridgehead atoms. The van der Waals surface area contributed by atoms with Crippen LogP contribution in [0.2, 0.25) is 0 Å². The molecule has 6 nitrogen and oxygen atoms in total. The van der Waals surface area contributed by atoms with Crippen LogP contribution >= 0.6 is 0 Å². The maximum atomic E-state index is 12.6. The number of hydrogen-bond donors (Lipinski definition) is 0. The molecule has 0 N–H and O–H groups in total. The van der Waals surface area contributed by atoms with Crippen LogP contribution in [0.3, 0.4) is 0 Å². The predicted molar refractivity (Wildman–Crippen MR) is 97.1 cm³/mol. The van der Waals surface area contributed by atoms with Crippen LogP contribution < -0.4 is 4.90 Å². The van der Waals surface area contributed by atoms with E-state index in [2.05, 4.69) is 9.80 Å². The highest BCUT2D eigenvalue weighted by molar-refractivity contribution is 5.94. The number of benzene rings is 1. The fraction of sp³-hybridized carbons (Fsp3) is 0.579. The Hall–Kier alpha value is -1.92. The van der Waals surface area contributed by atoms with Crippen LogP contribution in [0.15, 0.2) is 24.3 Å². The minimum atomic E-state index is -0.0830. The van der Waals surface area contributed by atoms with E-state index < -0.39 is 0 Å². The first-order chi connectivity index (χ1) is 12.1. The minimum Gasteiger partial charge on any atom is -0.378 e. The number of ether oxygens (including phenoxy) is 1. The summed E-state index contributed by atoms with van der Waals surface area (Å²) in [7, 11) is 0. The van der Waals surface area contributed by atoms with E-state index in [0.717, 1.165) is 37.4 Å². The fourth-order valence-electron chi connectivity index (χ4n) is 3.48. The standard InChI is InChI=1S/C19H27N3O3/c1-15(19(24)22-11-13-25-14-12-22)20-7-9-21(10-8-20)18-5-3-17(4-6-18)16(2)23/h3-6,15H,7-14H2,1-2H3. The zero-order valence-electron chi connectivity index (χ0n) is 15.1. The normalized spacial score (nSPS) is 20.4. The van der Waals surface area contributed by atoms with Crippen molar-refractivity contribution in [2.45, 2.75) is 19.9 Å². The van der Waals surface area contributed by atoms with Crippen molar-refractivity contribution in [3.63, 3.8) is 0 Å². The summed E-state index contributed by atoms with van der Waals surface area (Å²) in [5, 5.41) is 0. The van der Waals surface area contributed by atoms with Gasteiger partial charge in [-0.25, -0.2) is 0 Å². The van der Waals surface area contributed by atoms with Gasteiger partial charge in [-0.1, -0.05) is 0 Å². The van der Waals surface area contributed by atoms with E-state index in [4.69, 9.17) is 4.74 Å². The van der Waals surface area contributed by atoms with Crippen molar-refractivity contribution >= 4 is 17.4 Å². The van der Waals surface area contributed by atoms with E-state index in [-0.39, 0.29) is 17.7 Å². The number of carbonyl (C=O) groups is 2. The second-order valence-corrected chi connectivity index (χ2v) is 6.74. The first kappa shape index (κ1) is 17.9. The van der Waals surface area contributed by atoms with Gasteiger partial charge in [-0.3, -0.25) is 14.5 Å². The summed E-state index contributed by atoms with van der Waals surface area (Å²) in [6, 6.07) is 7.70. The number of Topliss-reactive ketones (excluding diaryl/α,β-unsaturated/α-hetero) is 1. The molecular formula is C19H27N3O3. The van der Waals surface area contributed by atoms with Crippen LogP contribution in [-0.2, 0) is 9.53 Å². The van der Waals surface area contributed by atoms with E-state index in [1.165, 1.54) is 0 Å². The van der Waals surface area contributed by atoms with Gasteiger partial charge in [0.2, 0.25) is 5.91 Å². The van der Waals surface area contributed by atoms with Crippen LogP contribution in [0.5, 0.6) is 0 Å². The number of hydrogen-bond acceptors (Lipinski definition) is 5. The average Bonchev–Trinajstić information content (AvgIpc) is 2.67. The number of carbonyl (C=O) groups excluding carboxylic acids is 2. The van der Waals surface area contributed by atoms with Crippen molar-refractivity contribution in [1.29, 1.82) is 0 Å². The molecule has 1 aromatic carbocycles. The van der Waals surface area contributed by atoms with Crippen LogP contribution in [-0.4, -0.2) is 80.0 Å². The highest BCUT2D eigenvalue weighted by atomic mass is 16.5. The van der Waals surface area contributed by atoms with Crippen LogP contribution in [0.1, 0.15) is 24.2 Å². The lowest BCUT2D eigenvalue weighted by Crippen LogP contribution is -2.56. The summed E-state index contributed by atoms with van der Waals surface area (Å²) >= 11 is 0. The number of morpholine rings is 1. The van der Waals surface area contributed by atoms with Crippen molar-refractivity contribution in [2.75, 3.05) is 57.4 Å². The summed E-state index contributed by atoms with van der Waals surface area (Å²) in [5.74, 6) is 0.300. The Bertz CT molecular complexity index is 603. The van der Waals surface area contributed by atoms with Crippen molar-refractivity contribution in [3.05, 3.63) is 29.8 Å². The SMILES string of the molecule is CC(=O)c1ccc(N2CCN(C(C)C(=O)N3CCOCC3)CC2)cc1. The Labute approximate surface area is 149 Å². The molecule has 2 aliphatic rings. The largest absolute Gasteiger partial charge is 0.378 e. The second-order valence-electron chi connectivity index (χ2n) is 6.74. The number of rotatable bonds is 4. The Morgan fingerprint density at radius 3 is 2.12 bits per heavy atom. The van der Waals surface area contributed by atoms with Crippen molar-refractivity contribution in [3.8, 4) is 0 Å². The van der Waals surface area contributed by atoms with Gasteiger partial charge in [0, 0.05) is 50.5 Å². The molecule has 1 amide bonds. The van der Waals surface area contributed by atoms with Crippen molar-refractivity contribution < 1.29 is 14.3 Å². The maximum absolute atomic E-state index is 12.6. The van der Waals surface area contributed by atoms with Gasteiger partial charge in [0.05, 0.1) is 19.3 Å². The van der Waals surface area contributed by atoms with Gasteiger partial charge in [-0.05, 0) is 38.1 Å². The van der Waals surface area contributed by atoms with Gasteiger partial charge in [-0.2, -0.15) is 0 Å². The molecule has 3 rings (SSSR count). The zero-order chi connectivity index (χ0) is 17.8. The smallest absolute Gasteiger partial charge is 0.239 e. The molecule has 0 spiro atoms. The third-order valence-corrected chi connectivity index (χ3v) is 5.18. The van der Waals surface area contributed by atoms with Crippen LogP contribution in [0.4, 0.5) is 5.69 Å². The first-order valence-electron chi connectivity index (χ1n) is 9.03. The third-order valence-electron chi connectivity index (χ3n) is 5.18. The lowest BCUT2D eigenvalue weighted by atomic mass is 10.1. The summed E-state index contributed by atoms with van der Waals surface area (Å²) in [5.41, 5.74) is 1.88. The van der Waals surface area contributed by atoms with Gasteiger partial charge in [0.1, 0.15) is 0 Å². The zero-order valence-corrected chi connectivity index (χ0v) is 15.1. The second kappa shape index (κ2) is 7.97. The fourth-order valence-corrected chi connectivity index (χ4v) is 3.48. The molecule has 0 aromatic heterocycles. The molecule has 25 heavy (non-hydrogen) atoms. The molecule has 2 heterocycles. The number of amides is 1. The minimum absolute atomic E-state index is 0.0830. The molecule has 136 valence electrons. The number of ketones is 1. The van der Waals surface area contributed by atoms with E-state index in [1.54, 1.807) is 6.92 Å². The molecule has 0 aliphatic carbocycles. The Kier molecular flexibility index (Phi) is 5.71. The topological polar surface area (TPSA) is 53.1 Å². The van der Waals surface area contributed by atoms with Gasteiger partial charge < -0.3 is 14.5 Å². The molecule has 1 aromatic rings. The Morgan fingerprint density at radius 2 is 1.56 bits per heavy atom. The van der Waals surface area contributed by atoms with E-state index in [1.807, 2.05) is 36.1 Å². The lowest BCUT2D eigenvalue weighted by Gasteiger charge is -2.40. The predicted octanol–water partition coefficient (Wildman–Crippen LogP) is 1.26. The van der Waals surface area contributed by atoms with Gasteiger partial charge >= 0.3 is 0 Å². The highest BCUT2D eigenvalue weighted by Crippen LogP contribution is 2.19. The molecule has 0 radical (unpaired) electrons. The molecule has 2 aliphatic heterocycles. The van der Waals surface area contributed by atoms with Crippen LogP contribution in [0.25, 0.3) is 0 Å². The monoisotopic (exact) mass is 345 g/mol. The molecule has 1 atom stereocenters. The molecular weight excluding hydrogens is 318 g/mol. The van der Waals surface area contributed by atoms with E-state index >= 15 is 0 Å². The van der Waals surface area contributed by atoms with Gasteiger partial charge in [0.25, 0.3) is 0 Å². The molecule has 2 saturated heterocycles. The Morgan fingerprint density at radius 1 is 0.960 bits per heavy atom. The number of nitrogens with zero attached hydrogens (tertiary/aromatic N) is 3. The molecule has 6 heteroatoms. The molecule has 2 fully saturated rings. The maximum Gasteiger partial charge on any atom is 0.239 e. The van der Waals surface area contributed by atoms with Crippen molar-refractivity contribution in [1.82, 2.24) is 9.80 Å². The first-order valence-corrected chi connectivity index (χ1v) is 9.03. The average molecular weight is 345 g/mol. The van der Waals surface area contributed by atoms with E-state index in [9.17, 15) is 9.59 Å². The molecule has 0 saturated carbocycles. The lowest BCUT2D eigenvalue weighted by molar-refractivity contribution is -0.140.